The molecule has 1 aromatic carbocycles. The monoisotopic (exact) mass is 160 g/mol. The first-order chi connectivity index (χ1) is 5.70. The van der Waals surface area contributed by atoms with Gasteiger partial charge in [0.2, 0.25) is 0 Å². The smallest absolute Gasteiger partial charge is 0.115 e. The van der Waals surface area contributed by atoms with Gasteiger partial charge in [0.05, 0.1) is 0 Å². The highest BCUT2D eigenvalue weighted by Crippen LogP contribution is 2.08. The second kappa shape index (κ2) is 3.72. The second-order valence-electron chi connectivity index (χ2n) is 2.65. The van der Waals surface area contributed by atoms with Crippen LogP contribution >= 0.6 is 0 Å². The van der Waals surface area contributed by atoms with Crippen molar-refractivity contribution in [3.63, 3.8) is 0 Å². The first-order valence-electron chi connectivity index (χ1n) is 3.78. The Morgan fingerprint density at radius 3 is 2.67 bits per heavy atom. The molecular weight excluding hydrogens is 148 g/mol. The maximum absolute atomic E-state index is 7.01. The van der Waals surface area contributed by atoms with Crippen molar-refractivity contribution >= 4 is 11.9 Å². The summed E-state index contributed by atoms with van der Waals surface area (Å²) < 4.78 is 0. The molecule has 62 valence electrons. The van der Waals surface area contributed by atoms with Crippen LogP contribution in [0.4, 0.5) is 0 Å². The average molecular weight is 160 g/mol. The first-order valence-corrected chi connectivity index (χ1v) is 3.78. The summed E-state index contributed by atoms with van der Waals surface area (Å²) in [5.74, 6) is 0.0817. The molecule has 3 N–H and O–H groups in total. The molecule has 2 nitrogen and oxygen atoms in total. The molecule has 0 saturated carbocycles. The van der Waals surface area contributed by atoms with Gasteiger partial charge < -0.3 is 5.73 Å². The van der Waals surface area contributed by atoms with E-state index in [1.54, 1.807) is 6.08 Å². The molecule has 0 heterocycles. The van der Waals surface area contributed by atoms with E-state index in [4.69, 9.17) is 11.1 Å². The highest BCUT2D eigenvalue weighted by Gasteiger charge is 1.89. The number of rotatable bonds is 2. The molecule has 0 atom stereocenters. The zero-order chi connectivity index (χ0) is 8.97. The van der Waals surface area contributed by atoms with Crippen molar-refractivity contribution < 1.29 is 0 Å². The molecule has 0 aliphatic heterocycles. The van der Waals surface area contributed by atoms with Crippen molar-refractivity contribution in [3.05, 3.63) is 41.5 Å². The fourth-order valence-corrected chi connectivity index (χ4v) is 0.953. The molecule has 0 unspecified atom stereocenters. The summed E-state index contributed by atoms with van der Waals surface area (Å²) in [6.45, 7) is 2.03. The van der Waals surface area contributed by atoms with E-state index < -0.39 is 0 Å². The van der Waals surface area contributed by atoms with Crippen molar-refractivity contribution in [2.75, 3.05) is 0 Å². The third kappa shape index (κ3) is 2.23. The predicted molar refractivity (Wildman–Crippen MR) is 52.1 cm³/mol. The van der Waals surface area contributed by atoms with Crippen LogP contribution in [0, 0.1) is 12.3 Å². The largest absolute Gasteiger partial charge is 0.384 e. The standard InChI is InChI=1S/C10H12N2/c1-8-4-2-3-5-9(8)6-7-10(11)12/h2-7H,1H3,(H3,11,12)/b7-6+. The summed E-state index contributed by atoms with van der Waals surface area (Å²) in [5, 5.41) is 7.01. The van der Waals surface area contributed by atoms with Gasteiger partial charge in [-0.2, -0.15) is 0 Å². The highest BCUT2D eigenvalue weighted by molar-refractivity contribution is 5.92. The number of hydrogen-bond acceptors (Lipinski definition) is 1. The Hall–Kier alpha value is -1.57. The maximum Gasteiger partial charge on any atom is 0.115 e. The fourth-order valence-electron chi connectivity index (χ4n) is 0.953. The van der Waals surface area contributed by atoms with Crippen molar-refractivity contribution in [3.8, 4) is 0 Å². The highest BCUT2D eigenvalue weighted by atomic mass is 14.7. The Labute approximate surface area is 72.2 Å². The number of benzene rings is 1. The predicted octanol–water partition coefficient (Wildman–Crippen LogP) is 1.94. The van der Waals surface area contributed by atoms with Crippen LogP contribution < -0.4 is 5.73 Å². The van der Waals surface area contributed by atoms with Crippen LogP contribution in [0.2, 0.25) is 0 Å². The number of nitrogens with two attached hydrogens (primary N) is 1. The van der Waals surface area contributed by atoms with Crippen LogP contribution in [0.5, 0.6) is 0 Å². The number of aryl methyl sites for hydroxylation is 1. The lowest BCUT2D eigenvalue weighted by Gasteiger charge is -1.97. The molecule has 1 rings (SSSR count). The molecule has 0 amide bonds. The topological polar surface area (TPSA) is 49.9 Å². The summed E-state index contributed by atoms with van der Waals surface area (Å²) >= 11 is 0. The zero-order valence-electron chi connectivity index (χ0n) is 7.04. The lowest BCUT2D eigenvalue weighted by molar-refractivity contribution is 1.44. The van der Waals surface area contributed by atoms with Gasteiger partial charge in [0, 0.05) is 0 Å². The molecule has 0 aliphatic carbocycles. The summed E-state index contributed by atoms with van der Waals surface area (Å²) in [7, 11) is 0. The van der Waals surface area contributed by atoms with Gasteiger partial charge in [0.25, 0.3) is 0 Å². The van der Waals surface area contributed by atoms with E-state index in [1.165, 1.54) is 5.56 Å². The SMILES string of the molecule is Cc1ccccc1/C=C/C(=N)N. The molecular formula is C10H12N2. The minimum Gasteiger partial charge on any atom is -0.384 e. The molecule has 12 heavy (non-hydrogen) atoms. The van der Waals surface area contributed by atoms with E-state index in [1.807, 2.05) is 37.3 Å². The summed E-state index contributed by atoms with van der Waals surface area (Å²) in [6, 6.07) is 7.97. The fraction of sp³-hybridized carbons (Fsp3) is 0.100. The van der Waals surface area contributed by atoms with E-state index in [0.29, 0.717) is 0 Å². The molecule has 0 spiro atoms. The third-order valence-electron chi connectivity index (χ3n) is 1.63. The Bertz CT molecular complexity index is 313. The van der Waals surface area contributed by atoms with Crippen molar-refractivity contribution in [2.24, 2.45) is 5.73 Å². The quantitative estimate of drug-likeness (QED) is 0.504. The molecule has 2 heteroatoms. The van der Waals surface area contributed by atoms with Gasteiger partial charge >= 0.3 is 0 Å². The van der Waals surface area contributed by atoms with Crippen LogP contribution in [0.3, 0.4) is 0 Å². The van der Waals surface area contributed by atoms with Gasteiger partial charge in [-0.25, -0.2) is 0 Å². The van der Waals surface area contributed by atoms with Crippen LogP contribution in [0.25, 0.3) is 6.08 Å². The van der Waals surface area contributed by atoms with Crippen molar-refractivity contribution in [2.45, 2.75) is 6.92 Å². The molecule has 0 aromatic heterocycles. The van der Waals surface area contributed by atoms with Crippen molar-refractivity contribution in [1.29, 1.82) is 5.41 Å². The normalized spacial score (nSPS) is 10.4. The number of amidine groups is 1. The van der Waals surface area contributed by atoms with Crippen LogP contribution in [-0.2, 0) is 0 Å². The van der Waals surface area contributed by atoms with Gasteiger partial charge in [0.1, 0.15) is 5.84 Å². The van der Waals surface area contributed by atoms with E-state index in [-0.39, 0.29) is 5.84 Å². The molecule has 0 fully saturated rings. The maximum atomic E-state index is 7.01. The molecule has 0 saturated heterocycles. The molecule has 0 bridgehead atoms. The Balaban J connectivity index is 2.89. The van der Waals surface area contributed by atoms with Gasteiger partial charge in [0.15, 0.2) is 0 Å². The Morgan fingerprint density at radius 1 is 1.42 bits per heavy atom. The summed E-state index contributed by atoms with van der Waals surface area (Å²) in [4.78, 5) is 0. The number of hydrogen-bond donors (Lipinski definition) is 2. The number of nitrogens with one attached hydrogen (secondary N) is 1. The van der Waals surface area contributed by atoms with Crippen LogP contribution in [-0.4, -0.2) is 5.84 Å². The van der Waals surface area contributed by atoms with Gasteiger partial charge in [-0.15, -0.1) is 0 Å². The second-order valence-corrected chi connectivity index (χ2v) is 2.65. The lowest BCUT2D eigenvalue weighted by Crippen LogP contribution is -2.03. The minimum atomic E-state index is 0.0817. The Kier molecular flexibility index (Phi) is 2.64. The van der Waals surface area contributed by atoms with E-state index in [2.05, 4.69) is 0 Å². The zero-order valence-corrected chi connectivity index (χ0v) is 7.04. The minimum absolute atomic E-state index is 0.0817. The third-order valence-corrected chi connectivity index (χ3v) is 1.63. The summed E-state index contributed by atoms with van der Waals surface area (Å²) in [5.41, 5.74) is 7.48. The van der Waals surface area contributed by atoms with E-state index in [9.17, 15) is 0 Å². The van der Waals surface area contributed by atoms with Crippen LogP contribution in [0.1, 0.15) is 11.1 Å². The molecule has 0 aliphatic rings. The van der Waals surface area contributed by atoms with Gasteiger partial charge in [-0.1, -0.05) is 30.3 Å². The average Bonchev–Trinajstić information content (AvgIpc) is 2.03. The van der Waals surface area contributed by atoms with E-state index >= 15 is 0 Å². The van der Waals surface area contributed by atoms with Crippen LogP contribution in [0.15, 0.2) is 30.3 Å². The van der Waals surface area contributed by atoms with Crippen molar-refractivity contribution in [1.82, 2.24) is 0 Å². The van der Waals surface area contributed by atoms with Gasteiger partial charge in [-0.3, -0.25) is 5.41 Å². The first kappa shape index (κ1) is 8.53. The molecule has 1 aromatic rings. The van der Waals surface area contributed by atoms with Gasteiger partial charge in [-0.05, 0) is 24.1 Å². The lowest BCUT2D eigenvalue weighted by atomic mass is 10.1. The molecule has 0 radical (unpaired) electrons. The Morgan fingerprint density at radius 2 is 2.08 bits per heavy atom. The summed E-state index contributed by atoms with van der Waals surface area (Å²) in [6.07, 6.45) is 3.43. The van der Waals surface area contributed by atoms with E-state index in [0.717, 1.165) is 5.56 Å².